The van der Waals surface area contributed by atoms with Crippen LogP contribution >= 0.6 is 12.2 Å². The van der Waals surface area contributed by atoms with Gasteiger partial charge in [-0.05, 0) is 62.0 Å². The highest BCUT2D eigenvalue weighted by molar-refractivity contribution is 7.80. The number of amides is 2. The van der Waals surface area contributed by atoms with Gasteiger partial charge < -0.3 is 25.3 Å². The predicted octanol–water partition coefficient (Wildman–Crippen LogP) is 4.57. The Kier molecular flexibility index (Phi) is 8.50. The maximum atomic E-state index is 14.7. The second-order valence-corrected chi connectivity index (χ2v) is 10.7. The van der Waals surface area contributed by atoms with E-state index in [1.54, 1.807) is 36.9 Å². The third kappa shape index (κ3) is 6.54. The molecule has 0 saturated carbocycles. The molecule has 1 fully saturated rings. The van der Waals surface area contributed by atoms with E-state index < -0.39 is 11.4 Å². The maximum Gasteiger partial charge on any atom is 0.249 e. The largest absolute Gasteiger partial charge is 0.378 e. The zero-order chi connectivity index (χ0) is 28.2. The molecule has 39 heavy (non-hydrogen) atoms. The van der Waals surface area contributed by atoms with E-state index in [2.05, 4.69) is 10.6 Å². The molecule has 1 heterocycles. The molecule has 0 spiro atoms. The Labute approximate surface area is 234 Å². The fourth-order valence-corrected chi connectivity index (χ4v) is 4.77. The zero-order valence-electron chi connectivity index (χ0n) is 22.6. The van der Waals surface area contributed by atoms with E-state index in [1.807, 2.05) is 73.6 Å². The number of anilines is 2. The molecule has 0 radical (unpaired) electrons. The van der Waals surface area contributed by atoms with Crippen molar-refractivity contribution in [1.29, 1.82) is 0 Å². The Morgan fingerprint density at radius 1 is 1.03 bits per heavy atom. The molecule has 3 aromatic rings. The highest BCUT2D eigenvalue weighted by Gasteiger charge is 2.40. The monoisotopic (exact) mass is 547 g/mol. The van der Waals surface area contributed by atoms with Crippen LogP contribution in [0.3, 0.4) is 0 Å². The predicted molar refractivity (Wildman–Crippen MR) is 157 cm³/mol. The number of nitrogens with zero attached hydrogens (tertiary/aromatic N) is 3. The summed E-state index contributed by atoms with van der Waals surface area (Å²) in [6.45, 7) is 3.73. The van der Waals surface area contributed by atoms with Crippen LogP contribution in [0.1, 0.15) is 31.0 Å². The lowest BCUT2D eigenvalue weighted by molar-refractivity contribution is -0.144. The highest BCUT2D eigenvalue weighted by Crippen LogP contribution is 2.25. The lowest BCUT2D eigenvalue weighted by atomic mass is 9.99. The van der Waals surface area contributed by atoms with Gasteiger partial charge in [0.15, 0.2) is 5.11 Å². The summed E-state index contributed by atoms with van der Waals surface area (Å²) in [4.78, 5) is 32.5. The van der Waals surface area contributed by atoms with E-state index in [0.29, 0.717) is 22.9 Å². The van der Waals surface area contributed by atoms with Crippen molar-refractivity contribution in [2.45, 2.75) is 32.0 Å². The normalized spacial score (nSPS) is 15.1. The first-order valence-corrected chi connectivity index (χ1v) is 13.2. The van der Waals surface area contributed by atoms with Crippen LogP contribution in [0.2, 0.25) is 0 Å². The fourth-order valence-electron chi connectivity index (χ4n) is 4.49. The van der Waals surface area contributed by atoms with Gasteiger partial charge in [0.1, 0.15) is 11.4 Å². The molecule has 1 aliphatic heterocycles. The molecule has 0 aliphatic carbocycles. The van der Waals surface area contributed by atoms with Crippen molar-refractivity contribution in [3.8, 4) is 0 Å². The number of carbonyl (C=O) groups excluding carboxylic acids is 2. The molecule has 1 saturated heterocycles. The number of nitrogens with one attached hydrogen (secondary N) is 2. The van der Waals surface area contributed by atoms with Crippen molar-refractivity contribution in [3.63, 3.8) is 0 Å². The minimum absolute atomic E-state index is 0.0438. The highest BCUT2D eigenvalue weighted by atomic mass is 32.1. The van der Waals surface area contributed by atoms with Gasteiger partial charge in [-0.1, -0.05) is 48.5 Å². The number of rotatable bonds is 9. The first kappa shape index (κ1) is 28.0. The summed E-state index contributed by atoms with van der Waals surface area (Å²) in [5.41, 5.74) is 1.69. The molecule has 0 bridgehead atoms. The summed E-state index contributed by atoms with van der Waals surface area (Å²) in [5.74, 6) is -1.15. The van der Waals surface area contributed by atoms with E-state index in [0.717, 1.165) is 11.3 Å². The van der Waals surface area contributed by atoms with Gasteiger partial charge >= 0.3 is 0 Å². The summed E-state index contributed by atoms with van der Waals surface area (Å²) in [7, 11) is 3.87. The van der Waals surface area contributed by atoms with Crippen LogP contribution in [-0.4, -0.2) is 59.5 Å². The third-order valence-electron chi connectivity index (χ3n) is 6.98. The molecule has 1 unspecified atom stereocenters. The number of halogens is 1. The van der Waals surface area contributed by atoms with Gasteiger partial charge in [0, 0.05) is 44.1 Å². The average molecular weight is 548 g/mol. The van der Waals surface area contributed by atoms with Crippen LogP contribution in [0.15, 0.2) is 78.9 Å². The number of carbonyl (C=O) groups is 2. The van der Waals surface area contributed by atoms with Gasteiger partial charge in [0.2, 0.25) is 11.8 Å². The first-order chi connectivity index (χ1) is 18.6. The molecule has 2 N–H and O–H groups in total. The molecular weight excluding hydrogens is 513 g/mol. The van der Waals surface area contributed by atoms with E-state index in [1.165, 1.54) is 11.0 Å². The molecule has 4 rings (SSSR count). The van der Waals surface area contributed by atoms with Crippen molar-refractivity contribution >= 4 is 40.5 Å². The van der Waals surface area contributed by atoms with Crippen molar-refractivity contribution in [1.82, 2.24) is 15.1 Å². The SMILES string of the molecule is CN(C)c1ccc(NC(=O)C(C)(C)N(Cc2ccccc2F)C(=O)CN2CC(c3ccccc3)NC2=S)cc1. The minimum atomic E-state index is -1.30. The average Bonchev–Trinajstić information content (AvgIpc) is 3.28. The van der Waals surface area contributed by atoms with Crippen molar-refractivity contribution in [2.75, 3.05) is 37.4 Å². The first-order valence-electron chi connectivity index (χ1n) is 12.8. The summed E-state index contributed by atoms with van der Waals surface area (Å²) in [5, 5.41) is 6.66. The van der Waals surface area contributed by atoms with Crippen LogP contribution in [0.5, 0.6) is 0 Å². The fraction of sp³-hybridized carbons (Fsp3) is 0.300. The number of hydrogen-bond donors (Lipinski definition) is 2. The van der Waals surface area contributed by atoms with Gasteiger partial charge in [-0.2, -0.15) is 0 Å². The van der Waals surface area contributed by atoms with Crippen LogP contribution in [0.25, 0.3) is 0 Å². The molecule has 7 nitrogen and oxygen atoms in total. The summed E-state index contributed by atoms with van der Waals surface area (Å²) >= 11 is 5.53. The zero-order valence-corrected chi connectivity index (χ0v) is 23.5. The van der Waals surface area contributed by atoms with Crippen molar-refractivity contribution < 1.29 is 14.0 Å². The molecule has 1 aliphatic rings. The lowest BCUT2D eigenvalue weighted by Gasteiger charge is -2.38. The van der Waals surface area contributed by atoms with Crippen LogP contribution in [0.4, 0.5) is 15.8 Å². The van der Waals surface area contributed by atoms with Gasteiger partial charge in [-0.3, -0.25) is 9.59 Å². The molecule has 3 aromatic carbocycles. The van der Waals surface area contributed by atoms with Crippen molar-refractivity contribution in [2.24, 2.45) is 0 Å². The summed E-state index contributed by atoms with van der Waals surface area (Å²) < 4.78 is 14.7. The Bertz CT molecular complexity index is 1330. The lowest BCUT2D eigenvalue weighted by Crippen LogP contribution is -2.57. The Balaban J connectivity index is 1.55. The molecule has 0 aromatic heterocycles. The minimum Gasteiger partial charge on any atom is -0.378 e. The number of benzene rings is 3. The van der Waals surface area contributed by atoms with Gasteiger partial charge in [-0.15, -0.1) is 0 Å². The molecule has 1 atom stereocenters. The van der Waals surface area contributed by atoms with E-state index in [-0.39, 0.29) is 30.9 Å². The van der Waals surface area contributed by atoms with Gasteiger partial charge in [0.25, 0.3) is 0 Å². The van der Waals surface area contributed by atoms with Crippen LogP contribution in [0, 0.1) is 5.82 Å². The smallest absolute Gasteiger partial charge is 0.249 e. The quantitative estimate of drug-likeness (QED) is 0.383. The molecule has 2 amide bonds. The van der Waals surface area contributed by atoms with Gasteiger partial charge in [0.05, 0.1) is 12.6 Å². The molecule has 9 heteroatoms. The second-order valence-electron chi connectivity index (χ2n) is 10.3. The van der Waals surface area contributed by atoms with E-state index in [4.69, 9.17) is 12.2 Å². The molecule has 204 valence electrons. The maximum absolute atomic E-state index is 14.7. The summed E-state index contributed by atoms with van der Waals surface area (Å²) in [6, 6.07) is 23.5. The Morgan fingerprint density at radius 3 is 2.31 bits per heavy atom. The standard InChI is InChI=1S/C30H34FN5O2S/c1-30(2,28(38)32-23-14-16-24(17-15-23)34(3)4)36(18-22-12-8-9-13-25(22)31)27(37)20-35-19-26(33-29(35)39)21-10-6-5-7-11-21/h5-17,26H,18-20H2,1-4H3,(H,32,38)(H,33,39). The number of thiocarbonyl (C=S) groups is 1. The third-order valence-corrected chi connectivity index (χ3v) is 7.35. The molecular formula is C30H34FN5O2S. The second kappa shape index (κ2) is 11.8. The van der Waals surface area contributed by atoms with Crippen LogP contribution in [-0.2, 0) is 16.1 Å². The Morgan fingerprint density at radius 2 is 1.67 bits per heavy atom. The van der Waals surface area contributed by atoms with Crippen LogP contribution < -0.4 is 15.5 Å². The summed E-state index contributed by atoms with van der Waals surface area (Å²) in [6.07, 6.45) is 0. The van der Waals surface area contributed by atoms with Crippen molar-refractivity contribution in [3.05, 3.63) is 95.8 Å². The number of hydrogen-bond acceptors (Lipinski definition) is 4. The Hall–Kier alpha value is -3.98. The topological polar surface area (TPSA) is 67.9 Å². The van der Waals surface area contributed by atoms with E-state index >= 15 is 0 Å². The van der Waals surface area contributed by atoms with E-state index in [9.17, 15) is 14.0 Å². The van der Waals surface area contributed by atoms with Gasteiger partial charge in [-0.25, -0.2) is 4.39 Å².